The van der Waals surface area contributed by atoms with Crippen LogP contribution in [-0.4, -0.2) is 36.1 Å². The quantitative estimate of drug-likeness (QED) is 0.516. The van der Waals surface area contributed by atoms with Crippen LogP contribution in [0.1, 0.15) is 20.8 Å². The van der Waals surface area contributed by atoms with Crippen molar-refractivity contribution in [3.8, 4) is 0 Å². The number of rotatable bonds is 0. The maximum absolute atomic E-state index is 11.0. The lowest BCUT2D eigenvalue weighted by atomic mass is 10.2. The van der Waals surface area contributed by atoms with E-state index in [1.807, 2.05) is 18.7 Å². The van der Waals surface area contributed by atoms with Gasteiger partial charge >= 0.3 is 0 Å². The summed E-state index contributed by atoms with van der Waals surface area (Å²) in [4.78, 5) is 12.8. The number of carbonyl (C=O) groups is 1. The molecule has 1 fully saturated rings. The third-order valence-electron chi connectivity index (χ3n) is 1.86. The molecule has 0 aliphatic carbocycles. The molecule has 2 atom stereocenters. The summed E-state index contributed by atoms with van der Waals surface area (Å²) in [7, 11) is 0. The van der Waals surface area contributed by atoms with Crippen LogP contribution in [0.2, 0.25) is 0 Å². The Morgan fingerprint density at radius 1 is 1.36 bits per heavy atom. The van der Waals surface area contributed by atoms with Gasteiger partial charge in [-0.1, -0.05) is 0 Å². The van der Waals surface area contributed by atoms with Gasteiger partial charge < -0.3 is 9.64 Å². The predicted molar refractivity (Wildman–Crippen MR) is 42.3 cm³/mol. The standard InChI is InChI=1S/C8H15NO2/c1-6-4-9(8(3)10)5-7(2)11-6/h6-7H,4-5H2,1-3H3. The highest BCUT2D eigenvalue weighted by atomic mass is 16.5. The van der Waals surface area contributed by atoms with E-state index in [9.17, 15) is 4.79 Å². The first kappa shape index (κ1) is 8.53. The Labute approximate surface area is 67.3 Å². The molecule has 1 heterocycles. The molecule has 0 aromatic rings. The Morgan fingerprint density at radius 3 is 2.18 bits per heavy atom. The van der Waals surface area contributed by atoms with Crippen LogP contribution in [0, 0.1) is 0 Å². The SMILES string of the molecule is CC(=O)N1CC(C)OC(C)C1. The Kier molecular flexibility index (Phi) is 2.49. The zero-order valence-electron chi connectivity index (χ0n) is 7.33. The molecule has 1 aliphatic rings. The van der Waals surface area contributed by atoms with Crippen molar-refractivity contribution in [1.82, 2.24) is 4.90 Å². The average Bonchev–Trinajstić information content (AvgIpc) is 1.85. The number of hydrogen-bond acceptors (Lipinski definition) is 2. The highest BCUT2D eigenvalue weighted by Crippen LogP contribution is 2.09. The van der Waals surface area contributed by atoms with E-state index in [-0.39, 0.29) is 18.1 Å². The molecule has 11 heavy (non-hydrogen) atoms. The molecule has 64 valence electrons. The molecule has 0 spiro atoms. The molecule has 1 rings (SSSR count). The van der Waals surface area contributed by atoms with Crippen molar-refractivity contribution in [3.05, 3.63) is 0 Å². The Morgan fingerprint density at radius 2 is 1.82 bits per heavy atom. The van der Waals surface area contributed by atoms with Gasteiger partial charge in [-0.2, -0.15) is 0 Å². The lowest BCUT2D eigenvalue weighted by Crippen LogP contribution is -2.47. The van der Waals surface area contributed by atoms with Gasteiger partial charge in [0.05, 0.1) is 12.2 Å². The third kappa shape index (κ3) is 2.19. The molecule has 0 aromatic carbocycles. The summed E-state index contributed by atoms with van der Waals surface area (Å²) in [6.07, 6.45) is 0.366. The third-order valence-corrected chi connectivity index (χ3v) is 1.86. The Hall–Kier alpha value is -0.570. The molecule has 0 saturated carbocycles. The van der Waals surface area contributed by atoms with Crippen molar-refractivity contribution in [3.63, 3.8) is 0 Å². The van der Waals surface area contributed by atoms with Gasteiger partial charge in [-0.3, -0.25) is 4.79 Å². The van der Waals surface area contributed by atoms with Gasteiger partial charge in [0.1, 0.15) is 0 Å². The largest absolute Gasteiger partial charge is 0.372 e. The zero-order valence-corrected chi connectivity index (χ0v) is 7.33. The minimum Gasteiger partial charge on any atom is -0.372 e. The van der Waals surface area contributed by atoms with E-state index in [0.29, 0.717) is 0 Å². The van der Waals surface area contributed by atoms with Crippen LogP contribution in [-0.2, 0) is 9.53 Å². The van der Waals surface area contributed by atoms with E-state index >= 15 is 0 Å². The van der Waals surface area contributed by atoms with Crippen LogP contribution < -0.4 is 0 Å². The summed E-state index contributed by atoms with van der Waals surface area (Å²) in [5, 5.41) is 0. The first-order chi connectivity index (χ1) is 5.09. The Bertz CT molecular complexity index is 148. The number of hydrogen-bond donors (Lipinski definition) is 0. The molecule has 3 nitrogen and oxygen atoms in total. The van der Waals surface area contributed by atoms with E-state index in [4.69, 9.17) is 4.74 Å². The van der Waals surface area contributed by atoms with Crippen molar-refractivity contribution < 1.29 is 9.53 Å². The van der Waals surface area contributed by atoms with E-state index in [0.717, 1.165) is 13.1 Å². The molecule has 0 aromatic heterocycles. The molecule has 1 saturated heterocycles. The maximum Gasteiger partial charge on any atom is 0.219 e. The average molecular weight is 157 g/mol. The molecule has 0 bridgehead atoms. The summed E-state index contributed by atoms with van der Waals surface area (Å²) in [6, 6.07) is 0. The first-order valence-corrected chi connectivity index (χ1v) is 4.00. The van der Waals surface area contributed by atoms with Crippen molar-refractivity contribution in [2.45, 2.75) is 33.0 Å². The molecular formula is C8H15NO2. The second kappa shape index (κ2) is 3.22. The van der Waals surface area contributed by atoms with Crippen LogP contribution in [0.3, 0.4) is 0 Å². The van der Waals surface area contributed by atoms with Gasteiger partial charge in [-0.15, -0.1) is 0 Å². The fourth-order valence-electron chi connectivity index (χ4n) is 1.44. The lowest BCUT2D eigenvalue weighted by molar-refractivity contribution is -0.140. The lowest BCUT2D eigenvalue weighted by Gasteiger charge is -2.34. The van der Waals surface area contributed by atoms with Crippen LogP contribution in [0.25, 0.3) is 0 Å². The molecule has 2 unspecified atom stereocenters. The van der Waals surface area contributed by atoms with Gasteiger partial charge in [0, 0.05) is 20.0 Å². The van der Waals surface area contributed by atoms with Crippen molar-refractivity contribution in [2.75, 3.05) is 13.1 Å². The van der Waals surface area contributed by atoms with E-state index < -0.39 is 0 Å². The van der Waals surface area contributed by atoms with Gasteiger partial charge in [-0.05, 0) is 13.8 Å². The first-order valence-electron chi connectivity index (χ1n) is 4.00. The number of nitrogens with zero attached hydrogens (tertiary/aromatic N) is 1. The predicted octanol–water partition coefficient (Wildman–Crippen LogP) is 0.642. The van der Waals surface area contributed by atoms with Crippen molar-refractivity contribution in [1.29, 1.82) is 0 Å². The number of morpholine rings is 1. The minimum absolute atomic E-state index is 0.145. The normalized spacial score (nSPS) is 32.1. The van der Waals surface area contributed by atoms with Gasteiger partial charge in [0.2, 0.25) is 5.91 Å². The van der Waals surface area contributed by atoms with Crippen LogP contribution in [0.4, 0.5) is 0 Å². The molecule has 0 N–H and O–H groups in total. The van der Waals surface area contributed by atoms with Crippen LogP contribution in [0.5, 0.6) is 0 Å². The van der Waals surface area contributed by atoms with Crippen LogP contribution in [0.15, 0.2) is 0 Å². The Balaban J connectivity index is 2.49. The summed E-state index contributed by atoms with van der Waals surface area (Å²) < 4.78 is 5.47. The van der Waals surface area contributed by atoms with Crippen molar-refractivity contribution in [2.24, 2.45) is 0 Å². The second-order valence-electron chi connectivity index (χ2n) is 3.18. The summed E-state index contributed by atoms with van der Waals surface area (Å²) in [5.74, 6) is 0.145. The van der Waals surface area contributed by atoms with Crippen LogP contribution >= 0.6 is 0 Å². The molecule has 0 radical (unpaired) electrons. The van der Waals surface area contributed by atoms with E-state index in [1.165, 1.54) is 0 Å². The fourth-order valence-corrected chi connectivity index (χ4v) is 1.44. The summed E-state index contributed by atoms with van der Waals surface area (Å²) in [5.41, 5.74) is 0. The van der Waals surface area contributed by atoms with E-state index in [1.54, 1.807) is 6.92 Å². The van der Waals surface area contributed by atoms with Crippen molar-refractivity contribution >= 4 is 5.91 Å². The topological polar surface area (TPSA) is 29.5 Å². The minimum atomic E-state index is 0.145. The number of amides is 1. The molecule has 1 amide bonds. The van der Waals surface area contributed by atoms with Gasteiger partial charge in [0.25, 0.3) is 0 Å². The second-order valence-corrected chi connectivity index (χ2v) is 3.18. The number of ether oxygens (including phenoxy) is 1. The maximum atomic E-state index is 11.0. The molecule has 3 heteroatoms. The monoisotopic (exact) mass is 157 g/mol. The summed E-state index contributed by atoms with van der Waals surface area (Å²) in [6.45, 7) is 7.06. The molecule has 1 aliphatic heterocycles. The van der Waals surface area contributed by atoms with Gasteiger partial charge in [0.15, 0.2) is 0 Å². The smallest absolute Gasteiger partial charge is 0.219 e. The number of carbonyl (C=O) groups excluding carboxylic acids is 1. The summed E-state index contributed by atoms with van der Waals surface area (Å²) >= 11 is 0. The van der Waals surface area contributed by atoms with E-state index in [2.05, 4.69) is 0 Å². The highest BCUT2D eigenvalue weighted by molar-refractivity contribution is 5.73. The fraction of sp³-hybridized carbons (Fsp3) is 0.875. The van der Waals surface area contributed by atoms with Gasteiger partial charge in [-0.25, -0.2) is 0 Å². The molecular weight excluding hydrogens is 142 g/mol. The zero-order chi connectivity index (χ0) is 8.43. The highest BCUT2D eigenvalue weighted by Gasteiger charge is 2.23.